The van der Waals surface area contributed by atoms with E-state index >= 15 is 0 Å². The van der Waals surface area contributed by atoms with Gasteiger partial charge in [0.15, 0.2) is 5.65 Å². The van der Waals surface area contributed by atoms with Crippen molar-refractivity contribution in [1.29, 1.82) is 0 Å². The minimum atomic E-state index is -0.308. The van der Waals surface area contributed by atoms with Gasteiger partial charge in [-0.3, -0.25) is 9.80 Å². The standard InChI is InChI=1S/C27H30ClFN8O/c28-20-3-7-22(8-4-20)37-25(30)23-24(19-1-5-21(29)6-2-19)31-27(32-26(23)33-37)36-13-11-34(12-14-36)9-10-35-15-17-38-18-16-35/h1-8H,9-18,30H2. The van der Waals surface area contributed by atoms with Gasteiger partial charge in [-0.1, -0.05) is 11.6 Å². The van der Waals surface area contributed by atoms with Gasteiger partial charge in [-0.15, -0.1) is 5.10 Å². The van der Waals surface area contributed by atoms with E-state index in [2.05, 4.69) is 14.7 Å². The van der Waals surface area contributed by atoms with Gasteiger partial charge < -0.3 is 15.4 Å². The zero-order valence-electron chi connectivity index (χ0n) is 21.1. The zero-order valence-corrected chi connectivity index (χ0v) is 21.8. The molecule has 6 rings (SSSR count). The zero-order chi connectivity index (χ0) is 26.1. The van der Waals surface area contributed by atoms with Crippen LogP contribution in [0.2, 0.25) is 5.02 Å². The van der Waals surface area contributed by atoms with Crippen molar-refractivity contribution in [3.63, 3.8) is 0 Å². The van der Waals surface area contributed by atoms with E-state index in [1.54, 1.807) is 28.9 Å². The third kappa shape index (κ3) is 5.17. The third-order valence-electron chi connectivity index (χ3n) is 7.24. The van der Waals surface area contributed by atoms with Crippen LogP contribution in [0.4, 0.5) is 16.2 Å². The van der Waals surface area contributed by atoms with Crippen LogP contribution in [0.25, 0.3) is 28.0 Å². The maximum absolute atomic E-state index is 13.7. The van der Waals surface area contributed by atoms with E-state index in [0.717, 1.165) is 76.8 Å². The monoisotopic (exact) mass is 536 g/mol. The number of nitrogens with zero attached hydrogens (tertiary/aromatic N) is 7. The number of morpholine rings is 1. The van der Waals surface area contributed by atoms with E-state index in [9.17, 15) is 4.39 Å². The molecule has 2 fully saturated rings. The number of aromatic nitrogens is 4. The van der Waals surface area contributed by atoms with Gasteiger partial charge in [0.25, 0.3) is 0 Å². The number of halogens is 2. The predicted molar refractivity (Wildman–Crippen MR) is 147 cm³/mol. The summed E-state index contributed by atoms with van der Waals surface area (Å²) < 4.78 is 20.8. The first-order valence-electron chi connectivity index (χ1n) is 12.9. The lowest BCUT2D eigenvalue weighted by atomic mass is 10.1. The van der Waals surface area contributed by atoms with Gasteiger partial charge in [0, 0.05) is 62.9 Å². The van der Waals surface area contributed by atoms with Crippen LogP contribution in [0.1, 0.15) is 0 Å². The van der Waals surface area contributed by atoms with Crippen LogP contribution in [0.15, 0.2) is 48.5 Å². The van der Waals surface area contributed by atoms with Gasteiger partial charge in [0.05, 0.1) is 30.0 Å². The van der Waals surface area contributed by atoms with Crippen molar-refractivity contribution in [3.8, 4) is 16.9 Å². The Bertz CT molecular complexity index is 1400. The molecule has 0 aliphatic carbocycles. The smallest absolute Gasteiger partial charge is 0.228 e. The molecule has 2 aromatic heterocycles. The normalized spacial score (nSPS) is 17.4. The van der Waals surface area contributed by atoms with Crippen molar-refractivity contribution in [1.82, 2.24) is 29.5 Å². The van der Waals surface area contributed by atoms with Crippen LogP contribution in [0, 0.1) is 5.82 Å². The second kappa shape index (κ2) is 10.8. The number of fused-ring (bicyclic) bond motifs is 1. The third-order valence-corrected chi connectivity index (χ3v) is 7.49. The molecule has 2 N–H and O–H groups in total. The molecule has 0 unspecified atom stereocenters. The predicted octanol–water partition coefficient (Wildman–Crippen LogP) is 3.31. The molecule has 2 aliphatic rings. The highest BCUT2D eigenvalue weighted by molar-refractivity contribution is 6.30. The molecule has 4 heterocycles. The van der Waals surface area contributed by atoms with Gasteiger partial charge in [-0.05, 0) is 48.5 Å². The lowest BCUT2D eigenvalue weighted by Gasteiger charge is -2.36. The SMILES string of the molecule is Nc1c2c(-c3ccc(F)cc3)nc(N3CCN(CCN4CCOCC4)CC3)nc2nn1-c1ccc(Cl)cc1. The number of nitrogen functional groups attached to an aromatic ring is 1. The van der Waals surface area contributed by atoms with Crippen molar-refractivity contribution in [2.45, 2.75) is 0 Å². The summed E-state index contributed by atoms with van der Waals surface area (Å²) in [5.41, 5.74) is 9.26. The fourth-order valence-electron chi connectivity index (χ4n) is 5.02. The molecule has 2 aromatic carbocycles. The minimum Gasteiger partial charge on any atom is -0.383 e. The van der Waals surface area contributed by atoms with E-state index < -0.39 is 0 Å². The van der Waals surface area contributed by atoms with Crippen molar-refractivity contribution in [2.75, 3.05) is 76.2 Å². The minimum absolute atomic E-state index is 0.308. The summed E-state index contributed by atoms with van der Waals surface area (Å²) in [7, 11) is 0. The molecule has 198 valence electrons. The number of hydrogen-bond donors (Lipinski definition) is 1. The maximum atomic E-state index is 13.7. The Hall–Kier alpha value is -3.31. The molecular formula is C27H30ClFN8O. The van der Waals surface area contributed by atoms with Crippen LogP contribution in [0.3, 0.4) is 0 Å². The number of rotatable bonds is 6. The van der Waals surface area contributed by atoms with Crippen LogP contribution in [-0.4, -0.2) is 95.1 Å². The quantitative estimate of drug-likeness (QED) is 0.401. The first-order valence-corrected chi connectivity index (χ1v) is 13.3. The Morgan fingerprint density at radius 3 is 2.18 bits per heavy atom. The number of piperazine rings is 1. The Labute approximate surface area is 225 Å². The van der Waals surface area contributed by atoms with E-state index in [4.69, 9.17) is 37.1 Å². The summed E-state index contributed by atoms with van der Waals surface area (Å²) in [5, 5.41) is 6.00. The molecule has 9 nitrogen and oxygen atoms in total. The topological polar surface area (TPSA) is 88.6 Å². The molecule has 0 bridgehead atoms. The molecule has 11 heteroatoms. The van der Waals surface area contributed by atoms with Crippen LogP contribution in [-0.2, 0) is 4.74 Å². The summed E-state index contributed by atoms with van der Waals surface area (Å²) in [5.74, 6) is 0.712. The van der Waals surface area contributed by atoms with E-state index in [1.807, 2.05) is 12.1 Å². The highest BCUT2D eigenvalue weighted by Gasteiger charge is 2.24. The molecule has 0 saturated carbocycles. The lowest BCUT2D eigenvalue weighted by Crippen LogP contribution is -2.49. The summed E-state index contributed by atoms with van der Waals surface area (Å²) in [6, 6.07) is 13.6. The summed E-state index contributed by atoms with van der Waals surface area (Å²) in [6.45, 7) is 9.23. The fourth-order valence-corrected chi connectivity index (χ4v) is 5.14. The molecule has 0 amide bonds. The fraction of sp³-hybridized carbons (Fsp3) is 0.370. The molecule has 0 atom stereocenters. The highest BCUT2D eigenvalue weighted by atomic mass is 35.5. The molecule has 2 saturated heterocycles. The maximum Gasteiger partial charge on any atom is 0.228 e. The highest BCUT2D eigenvalue weighted by Crippen LogP contribution is 2.34. The van der Waals surface area contributed by atoms with Gasteiger partial charge in [0.1, 0.15) is 11.6 Å². The Morgan fingerprint density at radius 2 is 1.50 bits per heavy atom. The Balaban J connectivity index is 1.29. The number of hydrogen-bond acceptors (Lipinski definition) is 8. The molecular weight excluding hydrogens is 507 g/mol. The van der Waals surface area contributed by atoms with Crippen LogP contribution < -0.4 is 10.6 Å². The van der Waals surface area contributed by atoms with Gasteiger partial charge >= 0.3 is 0 Å². The number of anilines is 2. The number of ether oxygens (including phenoxy) is 1. The van der Waals surface area contributed by atoms with Crippen molar-refractivity contribution in [3.05, 3.63) is 59.4 Å². The Morgan fingerprint density at radius 1 is 0.842 bits per heavy atom. The average molecular weight is 537 g/mol. The molecule has 0 radical (unpaired) electrons. The first kappa shape index (κ1) is 25.0. The van der Waals surface area contributed by atoms with Crippen LogP contribution in [0.5, 0.6) is 0 Å². The molecule has 4 aromatic rings. The van der Waals surface area contributed by atoms with E-state index in [0.29, 0.717) is 33.5 Å². The second-order valence-corrected chi connectivity index (χ2v) is 10.1. The van der Waals surface area contributed by atoms with E-state index in [-0.39, 0.29) is 5.82 Å². The summed E-state index contributed by atoms with van der Waals surface area (Å²) >= 11 is 6.08. The second-order valence-electron chi connectivity index (χ2n) is 9.63. The van der Waals surface area contributed by atoms with Crippen LogP contribution >= 0.6 is 11.6 Å². The average Bonchev–Trinajstić information content (AvgIpc) is 3.29. The lowest BCUT2D eigenvalue weighted by molar-refractivity contribution is 0.0331. The Kier molecular flexibility index (Phi) is 7.12. The van der Waals surface area contributed by atoms with Crippen molar-refractivity contribution < 1.29 is 9.13 Å². The molecule has 0 spiro atoms. The molecule has 2 aliphatic heterocycles. The van der Waals surface area contributed by atoms with Crippen molar-refractivity contribution in [2.24, 2.45) is 0 Å². The van der Waals surface area contributed by atoms with Gasteiger partial charge in [-0.2, -0.15) is 4.98 Å². The van der Waals surface area contributed by atoms with Gasteiger partial charge in [0.2, 0.25) is 5.95 Å². The number of nitrogens with two attached hydrogens (primary N) is 1. The summed E-state index contributed by atoms with van der Waals surface area (Å²) in [4.78, 5) is 16.9. The largest absolute Gasteiger partial charge is 0.383 e. The van der Waals surface area contributed by atoms with Crippen molar-refractivity contribution >= 4 is 34.4 Å². The van der Waals surface area contributed by atoms with E-state index in [1.165, 1.54) is 12.1 Å². The number of benzene rings is 2. The van der Waals surface area contributed by atoms with Gasteiger partial charge in [-0.25, -0.2) is 14.1 Å². The first-order chi connectivity index (χ1) is 18.5. The molecule has 38 heavy (non-hydrogen) atoms. The summed E-state index contributed by atoms with van der Waals surface area (Å²) in [6.07, 6.45) is 0.